The zero-order valence-corrected chi connectivity index (χ0v) is 11.8. The molecule has 2 N–H and O–H groups in total. The largest absolute Gasteiger partial charge is 0.466 e. The van der Waals surface area contributed by atoms with E-state index in [0.29, 0.717) is 19.6 Å². The van der Waals surface area contributed by atoms with Gasteiger partial charge in [0.15, 0.2) is 0 Å². The van der Waals surface area contributed by atoms with E-state index in [4.69, 9.17) is 4.74 Å². The Hall–Kier alpha value is -0.810. The van der Waals surface area contributed by atoms with E-state index in [2.05, 4.69) is 10.6 Å². The van der Waals surface area contributed by atoms with Crippen molar-refractivity contribution in [1.29, 1.82) is 0 Å². The summed E-state index contributed by atoms with van der Waals surface area (Å²) in [6.07, 6.45) is 2.31. The van der Waals surface area contributed by atoms with Gasteiger partial charge >= 0.3 is 5.97 Å². The fraction of sp³-hybridized carbons (Fsp3) is 0.833. The molecule has 1 heterocycles. The number of hydrogen-bond donors (Lipinski definition) is 2. The molecule has 18 heavy (non-hydrogen) atoms. The first-order valence-electron chi connectivity index (χ1n) is 6.30. The van der Waals surface area contributed by atoms with Crippen LogP contribution in [-0.2, 0) is 14.3 Å². The molecule has 2 unspecified atom stereocenters. The molecule has 1 aliphatic heterocycles. The highest BCUT2D eigenvalue weighted by molar-refractivity contribution is 5.85. The minimum atomic E-state index is -0.201. The minimum Gasteiger partial charge on any atom is -0.466 e. The first kappa shape index (κ1) is 17.2. The molecular weight excluding hydrogens is 256 g/mol. The van der Waals surface area contributed by atoms with Crippen LogP contribution in [0.2, 0.25) is 0 Å². The average Bonchev–Trinajstić information content (AvgIpc) is 2.79. The lowest BCUT2D eigenvalue weighted by molar-refractivity contribution is -0.144. The van der Waals surface area contributed by atoms with Gasteiger partial charge in [0.1, 0.15) is 0 Å². The SMILES string of the molecule is CCOC(=O)CC(C)CNC(=O)C1CCCN1.Cl. The van der Waals surface area contributed by atoms with E-state index in [1.165, 1.54) is 0 Å². The first-order chi connectivity index (χ1) is 8.13. The number of nitrogens with one attached hydrogen (secondary N) is 2. The zero-order valence-electron chi connectivity index (χ0n) is 11.0. The summed E-state index contributed by atoms with van der Waals surface area (Å²) in [5.74, 6) is -0.0501. The molecule has 0 saturated carbocycles. The van der Waals surface area contributed by atoms with Crippen molar-refractivity contribution in [3.63, 3.8) is 0 Å². The number of ether oxygens (including phenoxy) is 1. The van der Waals surface area contributed by atoms with Crippen LogP contribution < -0.4 is 10.6 Å². The molecule has 0 radical (unpaired) electrons. The molecule has 1 saturated heterocycles. The number of carbonyl (C=O) groups excluding carboxylic acids is 2. The van der Waals surface area contributed by atoms with Crippen LogP contribution in [0.1, 0.15) is 33.1 Å². The van der Waals surface area contributed by atoms with Crippen molar-refractivity contribution in [2.75, 3.05) is 19.7 Å². The van der Waals surface area contributed by atoms with E-state index in [1.807, 2.05) is 6.92 Å². The number of halogens is 1. The van der Waals surface area contributed by atoms with Gasteiger partial charge in [-0.05, 0) is 32.2 Å². The maximum absolute atomic E-state index is 11.7. The monoisotopic (exact) mass is 278 g/mol. The molecule has 1 fully saturated rings. The normalized spacial score (nSPS) is 19.8. The predicted octanol–water partition coefficient (Wildman–Crippen LogP) is 0.866. The highest BCUT2D eigenvalue weighted by atomic mass is 35.5. The zero-order chi connectivity index (χ0) is 12.7. The van der Waals surface area contributed by atoms with Gasteiger partial charge in [0.05, 0.1) is 12.6 Å². The van der Waals surface area contributed by atoms with Crippen molar-refractivity contribution in [2.45, 2.75) is 39.2 Å². The molecule has 0 bridgehead atoms. The molecule has 1 amide bonds. The third-order valence-corrected chi connectivity index (χ3v) is 2.82. The molecule has 1 rings (SSSR count). The second-order valence-corrected chi connectivity index (χ2v) is 4.51. The molecule has 5 nitrogen and oxygen atoms in total. The van der Waals surface area contributed by atoms with Crippen LogP contribution in [0.4, 0.5) is 0 Å². The third-order valence-electron chi connectivity index (χ3n) is 2.82. The van der Waals surface area contributed by atoms with Crippen LogP contribution in [0.3, 0.4) is 0 Å². The van der Waals surface area contributed by atoms with Crippen LogP contribution in [0.15, 0.2) is 0 Å². The van der Waals surface area contributed by atoms with E-state index in [1.54, 1.807) is 6.92 Å². The number of amides is 1. The molecule has 0 aromatic heterocycles. The average molecular weight is 279 g/mol. The van der Waals surface area contributed by atoms with Gasteiger partial charge in [-0.3, -0.25) is 9.59 Å². The highest BCUT2D eigenvalue weighted by Gasteiger charge is 2.22. The number of hydrogen-bond acceptors (Lipinski definition) is 4. The lowest BCUT2D eigenvalue weighted by Gasteiger charge is -2.14. The van der Waals surface area contributed by atoms with Crippen molar-refractivity contribution in [2.24, 2.45) is 5.92 Å². The van der Waals surface area contributed by atoms with E-state index in [0.717, 1.165) is 19.4 Å². The fourth-order valence-corrected chi connectivity index (χ4v) is 1.88. The number of carbonyl (C=O) groups is 2. The molecule has 0 aromatic rings. The summed E-state index contributed by atoms with van der Waals surface area (Å²) in [7, 11) is 0. The number of rotatable bonds is 6. The lowest BCUT2D eigenvalue weighted by atomic mass is 10.1. The Kier molecular flexibility index (Phi) is 8.75. The molecule has 0 aliphatic carbocycles. The van der Waals surface area contributed by atoms with Gasteiger partial charge in [0.25, 0.3) is 0 Å². The lowest BCUT2D eigenvalue weighted by Crippen LogP contribution is -2.42. The van der Waals surface area contributed by atoms with E-state index in [9.17, 15) is 9.59 Å². The van der Waals surface area contributed by atoms with Crippen molar-refractivity contribution in [1.82, 2.24) is 10.6 Å². The standard InChI is InChI=1S/C12H22N2O3.ClH/c1-3-17-11(15)7-9(2)8-14-12(16)10-5-4-6-13-10;/h9-10,13H,3-8H2,1-2H3,(H,14,16);1H. The second kappa shape index (κ2) is 9.16. The smallest absolute Gasteiger partial charge is 0.306 e. The van der Waals surface area contributed by atoms with Crippen LogP contribution in [0.25, 0.3) is 0 Å². The van der Waals surface area contributed by atoms with E-state index >= 15 is 0 Å². The quantitative estimate of drug-likeness (QED) is 0.708. The third kappa shape index (κ3) is 6.21. The molecule has 0 spiro atoms. The molecule has 1 aliphatic rings. The number of esters is 1. The summed E-state index contributed by atoms with van der Waals surface area (Å²) in [4.78, 5) is 22.9. The summed E-state index contributed by atoms with van der Waals surface area (Å²) < 4.78 is 4.86. The topological polar surface area (TPSA) is 67.4 Å². The molecular formula is C12H23ClN2O3. The van der Waals surface area contributed by atoms with Gasteiger partial charge in [-0.25, -0.2) is 0 Å². The summed E-state index contributed by atoms with van der Waals surface area (Å²) >= 11 is 0. The summed E-state index contributed by atoms with van der Waals surface area (Å²) in [6.45, 7) is 5.56. The fourth-order valence-electron chi connectivity index (χ4n) is 1.88. The predicted molar refractivity (Wildman–Crippen MR) is 71.7 cm³/mol. The first-order valence-corrected chi connectivity index (χ1v) is 6.30. The Morgan fingerprint density at radius 1 is 1.50 bits per heavy atom. The summed E-state index contributed by atoms with van der Waals surface area (Å²) in [5, 5.41) is 6.00. The minimum absolute atomic E-state index is 0. The van der Waals surface area contributed by atoms with Crippen molar-refractivity contribution in [3.05, 3.63) is 0 Å². The molecule has 106 valence electrons. The van der Waals surface area contributed by atoms with E-state index in [-0.39, 0.29) is 36.2 Å². The molecule has 0 aromatic carbocycles. The van der Waals surface area contributed by atoms with Gasteiger partial charge in [-0.2, -0.15) is 0 Å². The summed E-state index contributed by atoms with van der Waals surface area (Å²) in [5.41, 5.74) is 0. The van der Waals surface area contributed by atoms with Crippen molar-refractivity contribution in [3.8, 4) is 0 Å². The molecule has 6 heteroatoms. The van der Waals surface area contributed by atoms with Crippen molar-refractivity contribution < 1.29 is 14.3 Å². The summed E-state index contributed by atoms with van der Waals surface area (Å²) in [6, 6.07) is -0.0511. The highest BCUT2D eigenvalue weighted by Crippen LogP contribution is 2.06. The van der Waals surface area contributed by atoms with Crippen LogP contribution in [0, 0.1) is 5.92 Å². The van der Waals surface area contributed by atoms with Crippen LogP contribution >= 0.6 is 12.4 Å². The van der Waals surface area contributed by atoms with E-state index < -0.39 is 0 Å². The van der Waals surface area contributed by atoms with Gasteiger partial charge in [0.2, 0.25) is 5.91 Å². The maximum atomic E-state index is 11.7. The molecule has 2 atom stereocenters. The van der Waals surface area contributed by atoms with Gasteiger partial charge in [0, 0.05) is 13.0 Å². The Morgan fingerprint density at radius 2 is 2.22 bits per heavy atom. The Labute approximate surface area is 114 Å². The Bertz CT molecular complexity index is 268. The van der Waals surface area contributed by atoms with Crippen LogP contribution in [0.5, 0.6) is 0 Å². The Balaban J connectivity index is 0.00000289. The van der Waals surface area contributed by atoms with Crippen LogP contribution in [-0.4, -0.2) is 37.6 Å². The maximum Gasteiger partial charge on any atom is 0.306 e. The second-order valence-electron chi connectivity index (χ2n) is 4.51. The van der Waals surface area contributed by atoms with Crippen molar-refractivity contribution >= 4 is 24.3 Å². The van der Waals surface area contributed by atoms with Gasteiger partial charge in [-0.1, -0.05) is 6.92 Å². The van der Waals surface area contributed by atoms with Gasteiger partial charge in [-0.15, -0.1) is 12.4 Å². The van der Waals surface area contributed by atoms with Gasteiger partial charge < -0.3 is 15.4 Å². The Morgan fingerprint density at radius 3 is 2.78 bits per heavy atom.